The van der Waals surface area contributed by atoms with Crippen molar-refractivity contribution >= 4 is 27.5 Å². The van der Waals surface area contributed by atoms with E-state index in [9.17, 15) is 13.5 Å². The van der Waals surface area contributed by atoms with Crippen LogP contribution in [-0.2, 0) is 10.0 Å². The van der Waals surface area contributed by atoms with Crippen LogP contribution in [0.15, 0.2) is 58.3 Å². The Bertz CT molecular complexity index is 885. The number of anilines is 1. The van der Waals surface area contributed by atoms with E-state index in [2.05, 4.69) is 22.3 Å². The lowest BCUT2D eigenvalue weighted by molar-refractivity contribution is 0.00139. The quantitative estimate of drug-likeness (QED) is 0.538. The van der Waals surface area contributed by atoms with Crippen LogP contribution >= 0.6 is 11.8 Å². The minimum absolute atomic E-state index is 0.125. The van der Waals surface area contributed by atoms with Crippen molar-refractivity contribution in [3.05, 3.63) is 54.1 Å². The molecule has 8 heteroatoms. The van der Waals surface area contributed by atoms with Gasteiger partial charge in [-0.05, 0) is 49.2 Å². The van der Waals surface area contributed by atoms with Crippen molar-refractivity contribution < 1.29 is 13.5 Å². The average molecular weight is 422 g/mol. The molecule has 0 aromatic heterocycles. The van der Waals surface area contributed by atoms with Crippen LogP contribution < -0.4 is 10.5 Å². The smallest absolute Gasteiger partial charge is 0.238 e. The maximum absolute atomic E-state index is 11.5. The number of β-amino-alcohol motifs (C(OH)–C–C–N with tert-alkyl or cyclic N) is 1. The fraction of sp³-hybridized carbons (Fsp3) is 0.400. The normalized spacial score (nSPS) is 16.5. The van der Waals surface area contributed by atoms with Gasteiger partial charge in [0.15, 0.2) is 0 Å². The Hall–Kier alpha value is -1.58. The van der Waals surface area contributed by atoms with Gasteiger partial charge in [0, 0.05) is 42.0 Å². The van der Waals surface area contributed by atoms with Crippen molar-refractivity contribution in [1.82, 2.24) is 4.90 Å². The summed E-state index contributed by atoms with van der Waals surface area (Å²) >= 11 is 1.79. The van der Waals surface area contributed by atoms with Crippen molar-refractivity contribution in [3.8, 4) is 0 Å². The highest BCUT2D eigenvalue weighted by molar-refractivity contribution is 7.99. The zero-order valence-electron chi connectivity index (χ0n) is 15.9. The summed E-state index contributed by atoms with van der Waals surface area (Å²) in [6.45, 7) is 4.27. The second-order valence-corrected chi connectivity index (χ2v) is 9.84. The molecule has 1 atom stereocenters. The topological polar surface area (TPSA) is 95.7 Å². The Morgan fingerprint density at radius 1 is 1.25 bits per heavy atom. The molecule has 1 saturated heterocycles. The van der Waals surface area contributed by atoms with Crippen LogP contribution in [0.5, 0.6) is 0 Å². The lowest BCUT2D eigenvalue weighted by atomic mass is 10.1. The Morgan fingerprint density at radius 2 is 1.96 bits per heavy atom. The van der Waals surface area contributed by atoms with Crippen molar-refractivity contribution in [1.29, 1.82) is 0 Å². The third-order valence-corrected chi connectivity index (χ3v) is 6.90. The van der Waals surface area contributed by atoms with Gasteiger partial charge in [-0.25, -0.2) is 13.6 Å². The molecule has 0 amide bonds. The fourth-order valence-corrected chi connectivity index (χ4v) is 4.76. The predicted octanol–water partition coefficient (Wildman–Crippen LogP) is 2.28. The molecule has 2 aromatic rings. The van der Waals surface area contributed by atoms with Gasteiger partial charge in [-0.2, -0.15) is 0 Å². The van der Waals surface area contributed by atoms with Gasteiger partial charge >= 0.3 is 0 Å². The fourth-order valence-electron chi connectivity index (χ4n) is 3.17. The molecule has 3 rings (SSSR count). The van der Waals surface area contributed by atoms with Crippen molar-refractivity contribution in [2.45, 2.75) is 35.3 Å². The van der Waals surface area contributed by atoms with Crippen LogP contribution in [0.2, 0.25) is 0 Å². The molecule has 0 saturated carbocycles. The molecule has 0 aliphatic carbocycles. The molecule has 1 heterocycles. The number of nitrogens with zero attached hydrogens (tertiary/aromatic N) is 1. The number of nitrogens with one attached hydrogen (secondary N) is 1. The van der Waals surface area contributed by atoms with Crippen molar-refractivity contribution in [2.24, 2.45) is 5.14 Å². The number of likely N-dealkylation sites (tertiary alicyclic amines) is 1. The number of sulfonamides is 1. The van der Waals surface area contributed by atoms with E-state index in [-0.39, 0.29) is 17.0 Å². The Balaban J connectivity index is 1.66. The highest BCUT2D eigenvalue weighted by atomic mass is 32.2. The van der Waals surface area contributed by atoms with Gasteiger partial charge in [0.2, 0.25) is 10.0 Å². The predicted molar refractivity (Wildman–Crippen MR) is 114 cm³/mol. The Morgan fingerprint density at radius 3 is 2.57 bits per heavy atom. The van der Waals surface area contributed by atoms with Gasteiger partial charge in [-0.15, -0.1) is 11.8 Å². The summed E-state index contributed by atoms with van der Waals surface area (Å²) in [5, 5.41) is 18.3. The number of aryl methyl sites for hydroxylation is 1. The van der Waals surface area contributed by atoms with Gasteiger partial charge in [-0.3, -0.25) is 4.90 Å². The Kier molecular flexibility index (Phi) is 7.00. The molecule has 2 aromatic carbocycles. The van der Waals surface area contributed by atoms with Crippen LogP contribution in [0, 0.1) is 6.92 Å². The second kappa shape index (κ2) is 9.28. The monoisotopic (exact) mass is 421 g/mol. The maximum atomic E-state index is 11.5. The van der Waals surface area contributed by atoms with Crippen LogP contribution in [0.1, 0.15) is 12.0 Å². The lowest BCUT2D eigenvalue weighted by Crippen LogP contribution is -2.51. The minimum atomic E-state index is -3.70. The van der Waals surface area contributed by atoms with E-state index in [0.29, 0.717) is 0 Å². The van der Waals surface area contributed by atoms with Crippen LogP contribution in [-0.4, -0.2) is 56.0 Å². The molecule has 1 aliphatic heterocycles. The van der Waals surface area contributed by atoms with E-state index in [1.807, 2.05) is 25.1 Å². The number of rotatable bonds is 9. The molecule has 0 bridgehead atoms. The second-order valence-electron chi connectivity index (χ2n) is 7.19. The first-order valence-electron chi connectivity index (χ1n) is 9.29. The Labute approximate surface area is 171 Å². The van der Waals surface area contributed by atoms with Gasteiger partial charge in [0.25, 0.3) is 0 Å². The largest absolute Gasteiger partial charge is 0.390 e. The summed E-state index contributed by atoms with van der Waals surface area (Å²) < 4.78 is 23.1. The molecule has 6 nitrogen and oxygen atoms in total. The zero-order valence-corrected chi connectivity index (χ0v) is 17.5. The average Bonchev–Trinajstić information content (AvgIpc) is 2.63. The van der Waals surface area contributed by atoms with E-state index in [4.69, 9.17) is 5.14 Å². The molecule has 152 valence electrons. The van der Waals surface area contributed by atoms with Gasteiger partial charge in [0.1, 0.15) is 0 Å². The standard InChI is InChI=1S/C20H27N3O3S2/c1-15-11-19(28(21,25)26)7-8-20(15)22-16(9-10-23-12-17(24)13-23)14-27-18-5-3-2-4-6-18/h2-8,11,16-17,22,24H,9-10,12-14H2,1H3,(H2,21,25,26)/t16-/m1/s1. The number of aliphatic hydroxyl groups is 1. The number of hydrogen-bond donors (Lipinski definition) is 3. The molecule has 1 aliphatic rings. The molecule has 1 fully saturated rings. The molecule has 28 heavy (non-hydrogen) atoms. The number of nitrogens with two attached hydrogens (primary N) is 1. The molecule has 0 radical (unpaired) electrons. The first-order chi connectivity index (χ1) is 13.3. The maximum Gasteiger partial charge on any atom is 0.238 e. The summed E-state index contributed by atoms with van der Waals surface area (Å²) in [6, 6.07) is 15.4. The number of primary sulfonamides is 1. The van der Waals surface area contributed by atoms with Gasteiger partial charge in [0.05, 0.1) is 11.0 Å². The van der Waals surface area contributed by atoms with Gasteiger partial charge in [-0.1, -0.05) is 18.2 Å². The van der Waals surface area contributed by atoms with Gasteiger partial charge < -0.3 is 10.4 Å². The molecule has 0 spiro atoms. The summed E-state index contributed by atoms with van der Waals surface area (Å²) in [7, 11) is -3.70. The van der Waals surface area contributed by atoms with E-state index < -0.39 is 10.0 Å². The van der Waals surface area contributed by atoms with Crippen LogP contribution in [0.4, 0.5) is 5.69 Å². The minimum Gasteiger partial charge on any atom is -0.390 e. The summed E-state index contributed by atoms with van der Waals surface area (Å²) in [4.78, 5) is 3.58. The van der Waals surface area contributed by atoms with E-state index in [1.54, 1.807) is 23.9 Å². The van der Waals surface area contributed by atoms with Crippen LogP contribution in [0.25, 0.3) is 0 Å². The number of benzene rings is 2. The van der Waals surface area contributed by atoms with E-state index in [1.165, 1.54) is 11.0 Å². The molecular weight excluding hydrogens is 394 g/mol. The number of aliphatic hydroxyl groups excluding tert-OH is 1. The number of thioether (sulfide) groups is 1. The first kappa shape index (κ1) is 21.1. The zero-order chi connectivity index (χ0) is 20.1. The summed E-state index contributed by atoms with van der Waals surface area (Å²) in [5.41, 5.74) is 1.76. The molecule has 4 N–H and O–H groups in total. The number of hydrogen-bond acceptors (Lipinski definition) is 6. The summed E-state index contributed by atoms with van der Waals surface area (Å²) in [6.07, 6.45) is 0.737. The van der Waals surface area contributed by atoms with E-state index >= 15 is 0 Å². The third kappa shape index (κ3) is 5.96. The lowest BCUT2D eigenvalue weighted by Gasteiger charge is -2.36. The molecule has 0 unspecified atom stereocenters. The molecular formula is C20H27N3O3S2. The van der Waals surface area contributed by atoms with Crippen LogP contribution in [0.3, 0.4) is 0 Å². The first-order valence-corrected chi connectivity index (χ1v) is 11.8. The highest BCUT2D eigenvalue weighted by Crippen LogP contribution is 2.24. The van der Waals surface area contributed by atoms with Crippen molar-refractivity contribution in [2.75, 3.05) is 30.7 Å². The van der Waals surface area contributed by atoms with E-state index in [0.717, 1.165) is 43.1 Å². The highest BCUT2D eigenvalue weighted by Gasteiger charge is 2.24. The summed E-state index contributed by atoms with van der Waals surface area (Å²) in [5.74, 6) is 0.886. The van der Waals surface area contributed by atoms with Crippen molar-refractivity contribution in [3.63, 3.8) is 0 Å². The SMILES string of the molecule is Cc1cc(S(N)(=O)=O)ccc1N[C@H](CCN1CC(O)C1)CSc1ccccc1. The third-order valence-electron chi connectivity index (χ3n) is 4.81.